The molecule has 2 fully saturated rings. The van der Waals surface area contributed by atoms with Crippen LogP contribution in [0.1, 0.15) is 30.4 Å². The number of hydrogen-bond acceptors (Lipinski definition) is 3. The summed E-state index contributed by atoms with van der Waals surface area (Å²) in [5, 5.41) is 8.96. The molecule has 1 heterocycles. The Morgan fingerprint density at radius 2 is 1.81 bits per heavy atom. The van der Waals surface area contributed by atoms with Crippen molar-refractivity contribution < 1.29 is 4.79 Å². The number of nitrogens with zero attached hydrogens (tertiary/aromatic N) is 3. The summed E-state index contributed by atoms with van der Waals surface area (Å²) < 4.78 is 1.03. The lowest BCUT2D eigenvalue weighted by molar-refractivity contribution is -0.133. The van der Waals surface area contributed by atoms with Gasteiger partial charge in [0.05, 0.1) is 17.0 Å². The van der Waals surface area contributed by atoms with Gasteiger partial charge >= 0.3 is 0 Å². The summed E-state index contributed by atoms with van der Waals surface area (Å²) in [6.45, 7) is 3.31. The minimum atomic E-state index is -0.312. The standard InChI is InChI=1S/C22H22BrN3O/c23-19-4-1-3-18(15-19)22(9-10-22)21(27)26-12-2-11-25(13-14-26)20-7-5-17(16-24)6-8-20/h1,3-8,15H,2,9-14H2. The summed E-state index contributed by atoms with van der Waals surface area (Å²) in [5.74, 6) is 0.280. The van der Waals surface area contributed by atoms with Crippen LogP contribution < -0.4 is 4.90 Å². The molecule has 1 amide bonds. The number of halogens is 1. The maximum atomic E-state index is 13.3. The number of hydrogen-bond donors (Lipinski definition) is 0. The minimum absolute atomic E-state index is 0.280. The molecule has 0 N–H and O–H groups in total. The Morgan fingerprint density at radius 1 is 1.04 bits per heavy atom. The number of carbonyl (C=O) groups excluding carboxylic acids is 1. The molecule has 0 unspecified atom stereocenters. The molecule has 2 aliphatic rings. The molecular weight excluding hydrogens is 402 g/mol. The van der Waals surface area contributed by atoms with Crippen molar-refractivity contribution in [2.75, 3.05) is 31.1 Å². The lowest BCUT2D eigenvalue weighted by Gasteiger charge is -2.27. The van der Waals surface area contributed by atoms with Crippen molar-refractivity contribution in [2.45, 2.75) is 24.7 Å². The zero-order valence-corrected chi connectivity index (χ0v) is 16.8. The maximum absolute atomic E-state index is 13.3. The fourth-order valence-corrected chi connectivity index (χ4v) is 4.36. The van der Waals surface area contributed by atoms with Crippen molar-refractivity contribution in [1.29, 1.82) is 5.26 Å². The highest BCUT2D eigenvalue weighted by molar-refractivity contribution is 9.10. The van der Waals surface area contributed by atoms with E-state index in [1.807, 2.05) is 36.4 Å². The number of carbonyl (C=O) groups is 1. The molecule has 27 heavy (non-hydrogen) atoms. The Hall–Kier alpha value is -2.32. The van der Waals surface area contributed by atoms with Crippen molar-refractivity contribution in [3.8, 4) is 6.07 Å². The molecule has 4 nitrogen and oxygen atoms in total. The third kappa shape index (κ3) is 3.59. The van der Waals surface area contributed by atoms with Gasteiger partial charge in [-0.15, -0.1) is 0 Å². The summed E-state index contributed by atoms with van der Waals surface area (Å²) in [5.41, 5.74) is 2.62. The molecule has 1 saturated heterocycles. The predicted octanol–water partition coefficient (Wildman–Crippen LogP) is 4.09. The van der Waals surface area contributed by atoms with Crippen molar-refractivity contribution in [2.24, 2.45) is 0 Å². The van der Waals surface area contributed by atoms with E-state index in [4.69, 9.17) is 5.26 Å². The number of benzene rings is 2. The molecule has 1 saturated carbocycles. The molecule has 0 bridgehead atoms. The minimum Gasteiger partial charge on any atom is -0.370 e. The zero-order valence-electron chi connectivity index (χ0n) is 15.2. The first-order valence-electron chi connectivity index (χ1n) is 9.43. The molecule has 1 aliphatic carbocycles. The number of nitriles is 1. The van der Waals surface area contributed by atoms with Crippen LogP contribution in [0.5, 0.6) is 0 Å². The largest absolute Gasteiger partial charge is 0.370 e. The summed E-state index contributed by atoms with van der Waals surface area (Å²) in [7, 11) is 0. The van der Waals surface area contributed by atoms with Gasteiger partial charge in [-0.05, 0) is 61.2 Å². The summed E-state index contributed by atoms with van der Waals surface area (Å²) >= 11 is 3.53. The van der Waals surface area contributed by atoms with Crippen molar-refractivity contribution in [3.05, 3.63) is 64.1 Å². The van der Waals surface area contributed by atoms with Gasteiger partial charge in [-0.3, -0.25) is 4.79 Å². The molecule has 2 aromatic rings. The van der Waals surface area contributed by atoms with Gasteiger partial charge in [0.25, 0.3) is 0 Å². The molecular formula is C22H22BrN3O. The normalized spacial score (nSPS) is 18.5. The van der Waals surface area contributed by atoms with E-state index in [-0.39, 0.29) is 11.3 Å². The summed E-state index contributed by atoms with van der Waals surface area (Å²) in [4.78, 5) is 17.7. The summed E-state index contributed by atoms with van der Waals surface area (Å²) in [6.07, 6.45) is 2.84. The third-order valence-corrected chi connectivity index (χ3v) is 6.17. The Kier molecular flexibility index (Phi) is 4.92. The average Bonchev–Trinajstić information content (AvgIpc) is 3.52. The number of rotatable bonds is 3. The highest BCUT2D eigenvalue weighted by atomic mass is 79.9. The number of amides is 1. The van der Waals surface area contributed by atoms with Crippen molar-refractivity contribution in [1.82, 2.24) is 4.90 Å². The quantitative estimate of drug-likeness (QED) is 0.746. The van der Waals surface area contributed by atoms with Crippen LogP contribution in [0.3, 0.4) is 0 Å². The Balaban J connectivity index is 1.46. The highest BCUT2D eigenvalue weighted by Crippen LogP contribution is 2.50. The van der Waals surface area contributed by atoms with E-state index in [1.165, 1.54) is 0 Å². The Morgan fingerprint density at radius 3 is 2.48 bits per heavy atom. The fraction of sp³-hybridized carbons (Fsp3) is 0.364. The maximum Gasteiger partial charge on any atom is 0.233 e. The van der Waals surface area contributed by atoms with E-state index in [2.05, 4.69) is 43.9 Å². The highest BCUT2D eigenvalue weighted by Gasteiger charge is 2.53. The SMILES string of the molecule is N#Cc1ccc(N2CCCN(C(=O)C3(c4cccc(Br)c4)CC3)CC2)cc1. The van der Waals surface area contributed by atoms with Crippen LogP contribution in [0.4, 0.5) is 5.69 Å². The van der Waals surface area contributed by atoms with Gasteiger partial charge in [0.15, 0.2) is 0 Å². The van der Waals surface area contributed by atoms with E-state index < -0.39 is 0 Å². The molecule has 5 heteroatoms. The molecule has 0 radical (unpaired) electrons. The molecule has 138 valence electrons. The first-order chi connectivity index (χ1) is 13.1. The fourth-order valence-electron chi connectivity index (χ4n) is 3.97. The zero-order chi connectivity index (χ0) is 18.9. The topological polar surface area (TPSA) is 47.3 Å². The van der Waals surface area contributed by atoms with Gasteiger partial charge in [-0.25, -0.2) is 0 Å². The lowest BCUT2D eigenvalue weighted by atomic mass is 9.94. The van der Waals surface area contributed by atoms with Crippen molar-refractivity contribution in [3.63, 3.8) is 0 Å². The second kappa shape index (κ2) is 7.36. The van der Waals surface area contributed by atoms with E-state index in [0.29, 0.717) is 5.56 Å². The Bertz CT molecular complexity index is 883. The van der Waals surface area contributed by atoms with E-state index in [1.54, 1.807) is 0 Å². The van der Waals surface area contributed by atoms with Gasteiger partial charge < -0.3 is 9.80 Å². The van der Waals surface area contributed by atoms with Crippen LogP contribution in [-0.2, 0) is 10.2 Å². The lowest BCUT2D eigenvalue weighted by Crippen LogP contribution is -2.41. The molecule has 4 rings (SSSR count). The summed E-state index contributed by atoms with van der Waals surface area (Å²) in [6, 6.07) is 18.1. The van der Waals surface area contributed by atoms with Gasteiger partial charge in [0.2, 0.25) is 5.91 Å². The monoisotopic (exact) mass is 423 g/mol. The smallest absolute Gasteiger partial charge is 0.233 e. The second-order valence-electron chi connectivity index (χ2n) is 7.38. The van der Waals surface area contributed by atoms with Crippen LogP contribution in [0.25, 0.3) is 0 Å². The molecule has 0 atom stereocenters. The van der Waals surface area contributed by atoms with Crippen LogP contribution in [0.2, 0.25) is 0 Å². The number of anilines is 1. The Labute approximate surface area is 168 Å². The van der Waals surface area contributed by atoms with Crippen molar-refractivity contribution >= 4 is 27.5 Å². The van der Waals surface area contributed by atoms with Gasteiger partial charge in [0, 0.05) is 36.3 Å². The van der Waals surface area contributed by atoms with Gasteiger partial charge in [-0.1, -0.05) is 28.1 Å². The molecule has 2 aromatic carbocycles. The van der Waals surface area contributed by atoms with Crippen LogP contribution >= 0.6 is 15.9 Å². The van der Waals surface area contributed by atoms with E-state index >= 15 is 0 Å². The van der Waals surface area contributed by atoms with Crippen LogP contribution in [0, 0.1) is 11.3 Å². The molecule has 0 spiro atoms. The second-order valence-corrected chi connectivity index (χ2v) is 8.30. The van der Waals surface area contributed by atoms with Crippen LogP contribution in [-0.4, -0.2) is 37.0 Å². The van der Waals surface area contributed by atoms with Crippen LogP contribution in [0.15, 0.2) is 53.0 Å². The third-order valence-electron chi connectivity index (χ3n) is 5.68. The van der Waals surface area contributed by atoms with E-state index in [0.717, 1.165) is 61.2 Å². The molecule has 1 aliphatic heterocycles. The van der Waals surface area contributed by atoms with Gasteiger partial charge in [-0.2, -0.15) is 5.26 Å². The first kappa shape index (κ1) is 18.1. The average molecular weight is 424 g/mol. The predicted molar refractivity (Wildman–Crippen MR) is 110 cm³/mol. The first-order valence-corrected chi connectivity index (χ1v) is 10.2. The van der Waals surface area contributed by atoms with Gasteiger partial charge in [0.1, 0.15) is 0 Å². The van der Waals surface area contributed by atoms with E-state index in [9.17, 15) is 4.79 Å². The molecule has 0 aromatic heterocycles.